The van der Waals surface area contributed by atoms with E-state index in [1.54, 1.807) is 36.4 Å². The molecule has 2 heterocycles. The van der Waals surface area contributed by atoms with Gasteiger partial charge < -0.3 is 9.47 Å². The second-order valence-electron chi connectivity index (χ2n) is 7.84. The van der Waals surface area contributed by atoms with Crippen molar-refractivity contribution in [2.45, 2.75) is 13.0 Å². The molecule has 3 aromatic carbocycles. The minimum Gasteiger partial charge on any atom is -0.478 e. The van der Waals surface area contributed by atoms with Crippen LogP contribution in [0.3, 0.4) is 0 Å². The lowest BCUT2D eigenvalue weighted by Gasteiger charge is -2.29. The Hall–Kier alpha value is -2.21. The topological polar surface area (TPSA) is 38.8 Å². The summed E-state index contributed by atoms with van der Waals surface area (Å²) in [7, 11) is 0. The largest absolute Gasteiger partial charge is 0.478 e. The van der Waals surface area contributed by atoms with Gasteiger partial charge in [0.2, 0.25) is 5.78 Å². The minimum absolute atomic E-state index is 0.177. The summed E-state index contributed by atoms with van der Waals surface area (Å²) in [5, 5.41) is 2.12. The summed E-state index contributed by atoms with van der Waals surface area (Å²) in [5.41, 5.74) is 3.12. The van der Waals surface area contributed by atoms with Gasteiger partial charge >= 0.3 is 0 Å². The first-order valence-electron chi connectivity index (χ1n) is 10.2. The molecule has 2 aliphatic rings. The second kappa shape index (κ2) is 9.21. The van der Waals surface area contributed by atoms with Gasteiger partial charge in [-0.1, -0.05) is 58.5 Å². The number of allylic oxidation sites excluding steroid dienone is 1. The average molecular weight is 521 g/mol. The minimum atomic E-state index is -0.177. The third kappa shape index (κ3) is 4.59. The van der Waals surface area contributed by atoms with Crippen molar-refractivity contribution in [2.75, 3.05) is 13.3 Å². The van der Waals surface area contributed by atoms with E-state index in [1.807, 2.05) is 18.2 Å². The fraction of sp³-hybridized carbons (Fsp3) is 0.160. The highest BCUT2D eigenvalue weighted by Gasteiger charge is 2.33. The van der Waals surface area contributed by atoms with E-state index in [-0.39, 0.29) is 11.5 Å². The number of halogens is 4. The van der Waals surface area contributed by atoms with Gasteiger partial charge in [0, 0.05) is 23.1 Å². The van der Waals surface area contributed by atoms with Crippen LogP contribution in [-0.4, -0.2) is 24.0 Å². The number of fused-ring (bicyclic) bond motifs is 3. The molecule has 0 atom stereocenters. The average Bonchev–Trinajstić information content (AvgIpc) is 3.11. The molecule has 0 saturated heterocycles. The zero-order valence-electron chi connectivity index (χ0n) is 17.2. The lowest BCUT2D eigenvalue weighted by molar-refractivity contribution is 0.0950. The van der Waals surface area contributed by atoms with Crippen LogP contribution < -0.4 is 9.47 Å². The number of hydrogen-bond acceptors (Lipinski definition) is 4. The monoisotopic (exact) mass is 519 g/mol. The highest BCUT2D eigenvalue weighted by Crippen LogP contribution is 2.42. The summed E-state index contributed by atoms with van der Waals surface area (Å²) >= 11 is 24.4. The van der Waals surface area contributed by atoms with Gasteiger partial charge in [-0.05, 0) is 60.0 Å². The number of ketones is 1. The van der Waals surface area contributed by atoms with Crippen LogP contribution >= 0.6 is 46.4 Å². The Balaban J connectivity index is 1.36. The van der Waals surface area contributed by atoms with Gasteiger partial charge in [0.05, 0.1) is 21.2 Å². The summed E-state index contributed by atoms with van der Waals surface area (Å²) in [6.45, 7) is 1.76. The van der Waals surface area contributed by atoms with E-state index in [0.717, 1.165) is 35.4 Å². The SMILES string of the molecule is O=C1/C(=C/c2ccc(Cl)c(Cl)c2)Oc2c1ccc1c2CN(CCc2ccc(Cl)cc2Cl)CO1. The fourth-order valence-corrected chi connectivity index (χ4v) is 4.71. The number of hydrogen-bond donors (Lipinski definition) is 0. The van der Waals surface area contributed by atoms with Gasteiger partial charge in [-0.15, -0.1) is 0 Å². The van der Waals surface area contributed by atoms with Crippen molar-refractivity contribution in [2.24, 2.45) is 0 Å². The first-order valence-corrected chi connectivity index (χ1v) is 11.7. The van der Waals surface area contributed by atoms with E-state index in [1.165, 1.54) is 0 Å². The lowest BCUT2D eigenvalue weighted by Crippen LogP contribution is -2.33. The third-order valence-electron chi connectivity index (χ3n) is 5.64. The molecule has 0 saturated carbocycles. The zero-order chi connectivity index (χ0) is 23.1. The molecular formula is C25H17Cl4NO3. The smallest absolute Gasteiger partial charge is 0.231 e. The number of ether oxygens (including phenoxy) is 2. The van der Waals surface area contributed by atoms with Crippen LogP contribution in [0.15, 0.2) is 54.3 Å². The Bertz CT molecular complexity index is 1310. The molecule has 0 bridgehead atoms. The van der Waals surface area contributed by atoms with Crippen LogP contribution in [-0.2, 0) is 13.0 Å². The van der Waals surface area contributed by atoms with Gasteiger partial charge in [0.1, 0.15) is 18.2 Å². The quantitative estimate of drug-likeness (QED) is 0.338. The summed E-state index contributed by atoms with van der Waals surface area (Å²) in [6, 6.07) is 14.2. The van der Waals surface area contributed by atoms with E-state index in [2.05, 4.69) is 4.90 Å². The molecule has 8 heteroatoms. The van der Waals surface area contributed by atoms with Crippen molar-refractivity contribution >= 4 is 58.3 Å². The highest BCUT2D eigenvalue weighted by atomic mass is 35.5. The maximum atomic E-state index is 13.0. The van der Waals surface area contributed by atoms with E-state index in [0.29, 0.717) is 44.7 Å². The van der Waals surface area contributed by atoms with Crippen LogP contribution in [0.25, 0.3) is 6.08 Å². The molecule has 168 valence electrons. The summed E-state index contributed by atoms with van der Waals surface area (Å²) in [4.78, 5) is 15.1. The number of benzene rings is 3. The van der Waals surface area contributed by atoms with E-state index < -0.39 is 0 Å². The maximum Gasteiger partial charge on any atom is 0.231 e. The molecule has 2 aliphatic heterocycles. The summed E-state index contributed by atoms with van der Waals surface area (Å²) in [6.07, 6.45) is 2.41. The predicted molar refractivity (Wildman–Crippen MR) is 132 cm³/mol. The third-order valence-corrected chi connectivity index (χ3v) is 6.96. The predicted octanol–water partition coefficient (Wildman–Crippen LogP) is 7.31. The normalized spacial score (nSPS) is 16.4. The van der Waals surface area contributed by atoms with Crippen molar-refractivity contribution in [3.8, 4) is 11.5 Å². The second-order valence-corrected chi connectivity index (χ2v) is 9.50. The number of rotatable bonds is 4. The number of nitrogens with zero attached hydrogens (tertiary/aromatic N) is 1. The first kappa shape index (κ1) is 22.6. The molecule has 5 rings (SSSR count). The maximum absolute atomic E-state index is 13.0. The molecule has 3 aromatic rings. The van der Waals surface area contributed by atoms with Crippen molar-refractivity contribution in [1.29, 1.82) is 0 Å². The zero-order valence-corrected chi connectivity index (χ0v) is 20.2. The van der Waals surface area contributed by atoms with Crippen LogP contribution in [0.2, 0.25) is 20.1 Å². The Morgan fingerprint density at radius 3 is 2.58 bits per heavy atom. The molecule has 0 aliphatic carbocycles. The molecule has 0 unspecified atom stereocenters. The Kier molecular flexibility index (Phi) is 6.30. The molecule has 4 nitrogen and oxygen atoms in total. The molecule has 0 spiro atoms. The Labute approximate surface area is 211 Å². The molecule has 0 N–H and O–H groups in total. The molecule has 0 radical (unpaired) electrons. The number of Topliss-reactive ketones (excluding diaryl/α,β-unsaturated/α-hetero) is 1. The number of carbonyl (C=O) groups is 1. The van der Waals surface area contributed by atoms with Crippen molar-refractivity contribution in [3.63, 3.8) is 0 Å². The van der Waals surface area contributed by atoms with E-state index >= 15 is 0 Å². The lowest BCUT2D eigenvalue weighted by atomic mass is 10.0. The number of carbonyl (C=O) groups excluding carboxylic acids is 1. The van der Waals surface area contributed by atoms with Gasteiger partial charge in [0.15, 0.2) is 5.76 Å². The van der Waals surface area contributed by atoms with Crippen molar-refractivity contribution in [3.05, 3.63) is 96.6 Å². The molecule has 0 aromatic heterocycles. The van der Waals surface area contributed by atoms with E-state index in [4.69, 9.17) is 55.9 Å². The standard InChI is InChI=1S/C25H17Cl4NO3/c26-16-3-2-15(20(28)11-16)7-8-30-12-18-22(32-13-30)6-4-17-24(31)23(33-25(17)18)10-14-1-5-19(27)21(29)9-14/h1-6,9-11H,7-8,12-13H2/b23-10-. The summed E-state index contributed by atoms with van der Waals surface area (Å²) < 4.78 is 12.0. The van der Waals surface area contributed by atoms with Gasteiger partial charge in [-0.25, -0.2) is 0 Å². The molecule has 0 amide bonds. The van der Waals surface area contributed by atoms with Crippen LogP contribution in [0.1, 0.15) is 27.0 Å². The van der Waals surface area contributed by atoms with Gasteiger partial charge in [-0.2, -0.15) is 0 Å². The highest BCUT2D eigenvalue weighted by molar-refractivity contribution is 6.42. The van der Waals surface area contributed by atoms with Crippen LogP contribution in [0.5, 0.6) is 11.5 Å². The van der Waals surface area contributed by atoms with Crippen molar-refractivity contribution in [1.82, 2.24) is 4.90 Å². The molecular weight excluding hydrogens is 504 g/mol. The van der Waals surface area contributed by atoms with Gasteiger partial charge in [0.25, 0.3) is 0 Å². The molecule has 0 fully saturated rings. The van der Waals surface area contributed by atoms with Crippen LogP contribution in [0, 0.1) is 0 Å². The molecule has 33 heavy (non-hydrogen) atoms. The van der Waals surface area contributed by atoms with Crippen LogP contribution in [0.4, 0.5) is 0 Å². The Morgan fingerprint density at radius 2 is 1.79 bits per heavy atom. The summed E-state index contributed by atoms with van der Waals surface area (Å²) in [5.74, 6) is 1.32. The fourth-order valence-electron chi connectivity index (χ4n) is 3.90. The van der Waals surface area contributed by atoms with Crippen molar-refractivity contribution < 1.29 is 14.3 Å². The first-order chi connectivity index (χ1) is 15.9. The van der Waals surface area contributed by atoms with E-state index in [9.17, 15) is 4.79 Å². The van der Waals surface area contributed by atoms with Gasteiger partial charge in [-0.3, -0.25) is 9.69 Å². The Morgan fingerprint density at radius 1 is 0.939 bits per heavy atom.